The SMILES string of the molecule is CC(=O)O[C@H]1C[C@]2(C)[C@H]3CC[C@@]4(C)C(=C3C[C@@H](N)[C@@H]2C[C@H]1OC(C)=O)CC[C@@H]4[C@@](C)(O)[C@@H](CCC(C)(C)O)OC(C)=O. The Morgan fingerprint density at radius 1 is 1.00 bits per heavy atom. The number of esters is 3. The van der Waals surface area contributed by atoms with Gasteiger partial charge in [-0.1, -0.05) is 25.0 Å². The zero-order valence-corrected chi connectivity index (χ0v) is 26.8. The monoisotopic (exact) mass is 591 g/mol. The molecule has 0 aromatic carbocycles. The Morgan fingerprint density at radius 3 is 2.19 bits per heavy atom. The van der Waals surface area contributed by atoms with Crippen molar-refractivity contribution in [2.24, 2.45) is 34.3 Å². The van der Waals surface area contributed by atoms with Crippen molar-refractivity contribution >= 4 is 17.9 Å². The van der Waals surface area contributed by atoms with Crippen LogP contribution in [0.4, 0.5) is 0 Å². The van der Waals surface area contributed by atoms with Crippen LogP contribution in [-0.4, -0.2) is 63.7 Å². The van der Waals surface area contributed by atoms with Crippen LogP contribution >= 0.6 is 0 Å². The summed E-state index contributed by atoms with van der Waals surface area (Å²) in [5.74, 6) is -0.977. The lowest BCUT2D eigenvalue weighted by molar-refractivity contribution is -0.185. The molecule has 0 heterocycles. The first-order chi connectivity index (χ1) is 19.3. The van der Waals surface area contributed by atoms with Gasteiger partial charge in [0.25, 0.3) is 0 Å². The Hall–Kier alpha value is -1.97. The maximum absolute atomic E-state index is 12.1. The molecule has 0 aromatic heterocycles. The van der Waals surface area contributed by atoms with Gasteiger partial charge in [-0.05, 0) is 101 Å². The second kappa shape index (κ2) is 11.5. The largest absolute Gasteiger partial charge is 0.459 e. The van der Waals surface area contributed by atoms with Gasteiger partial charge in [-0.3, -0.25) is 14.4 Å². The predicted octanol–water partition coefficient (Wildman–Crippen LogP) is 4.35. The molecule has 42 heavy (non-hydrogen) atoms. The highest BCUT2D eigenvalue weighted by molar-refractivity contribution is 5.67. The number of aliphatic hydroxyl groups is 2. The molecule has 4 aliphatic rings. The number of fused-ring (bicyclic) bond motifs is 4. The summed E-state index contributed by atoms with van der Waals surface area (Å²) in [7, 11) is 0. The van der Waals surface area contributed by atoms with Crippen molar-refractivity contribution in [2.45, 2.75) is 149 Å². The molecular weight excluding hydrogens is 538 g/mol. The first-order valence-corrected chi connectivity index (χ1v) is 15.7. The van der Waals surface area contributed by atoms with E-state index in [0.29, 0.717) is 25.7 Å². The van der Waals surface area contributed by atoms with Gasteiger partial charge in [0, 0.05) is 32.7 Å². The van der Waals surface area contributed by atoms with E-state index in [0.717, 1.165) is 32.1 Å². The van der Waals surface area contributed by atoms with Crippen molar-refractivity contribution in [2.75, 3.05) is 0 Å². The zero-order chi connectivity index (χ0) is 31.4. The van der Waals surface area contributed by atoms with Crippen LogP contribution < -0.4 is 5.73 Å². The summed E-state index contributed by atoms with van der Waals surface area (Å²) in [5.41, 5.74) is 6.94. The first kappa shape index (κ1) is 32.9. The molecule has 4 aliphatic carbocycles. The van der Waals surface area contributed by atoms with E-state index in [-0.39, 0.29) is 46.6 Å². The standard InChI is InChI=1S/C33H53NO8/c1-18(35)40-26-16-24-25(34)15-21-22-9-10-28(33(8,39)29(42-20(3)37)12-13-30(4,5)38)31(22,6)14-11-23(21)32(24,7)17-27(26)41-19(2)36/h23-29,38-39H,9-17,34H2,1-8H3/t23-,24-,25+,26+,27-,28-,29+,31-,32+,33+/m0/s1. The number of ether oxygens (including phenoxy) is 3. The number of carbonyl (C=O) groups is 3. The van der Waals surface area contributed by atoms with Gasteiger partial charge in [0.2, 0.25) is 0 Å². The Morgan fingerprint density at radius 2 is 1.62 bits per heavy atom. The van der Waals surface area contributed by atoms with E-state index in [1.807, 2.05) is 0 Å². The smallest absolute Gasteiger partial charge is 0.303 e. The minimum Gasteiger partial charge on any atom is -0.459 e. The topological polar surface area (TPSA) is 145 Å². The van der Waals surface area contributed by atoms with E-state index in [4.69, 9.17) is 19.9 Å². The predicted molar refractivity (Wildman–Crippen MR) is 157 cm³/mol. The average Bonchev–Trinajstić information content (AvgIpc) is 3.19. The molecule has 4 N–H and O–H groups in total. The summed E-state index contributed by atoms with van der Waals surface area (Å²) in [6, 6.07) is -0.132. The number of rotatable bonds is 8. The van der Waals surface area contributed by atoms with Crippen molar-refractivity contribution in [3.8, 4) is 0 Å². The summed E-state index contributed by atoms with van der Waals surface area (Å²) < 4.78 is 17.1. The minimum absolute atomic E-state index is 0.114. The van der Waals surface area contributed by atoms with Crippen molar-refractivity contribution in [1.29, 1.82) is 0 Å². The van der Waals surface area contributed by atoms with Crippen molar-refractivity contribution in [1.82, 2.24) is 0 Å². The first-order valence-electron chi connectivity index (χ1n) is 15.7. The summed E-state index contributed by atoms with van der Waals surface area (Å²) in [4.78, 5) is 36.0. The second-order valence-electron chi connectivity index (χ2n) is 15.0. The lowest BCUT2D eigenvalue weighted by atomic mass is 9.47. The van der Waals surface area contributed by atoms with E-state index in [1.54, 1.807) is 20.8 Å². The normalized spacial score (nSPS) is 38.4. The van der Waals surface area contributed by atoms with Crippen LogP contribution in [0.3, 0.4) is 0 Å². The molecule has 3 saturated carbocycles. The molecule has 0 aromatic rings. The van der Waals surface area contributed by atoms with Gasteiger partial charge in [-0.25, -0.2) is 0 Å². The van der Waals surface area contributed by atoms with E-state index in [2.05, 4.69) is 13.8 Å². The van der Waals surface area contributed by atoms with Gasteiger partial charge in [0.1, 0.15) is 23.9 Å². The van der Waals surface area contributed by atoms with Gasteiger partial charge < -0.3 is 30.2 Å². The van der Waals surface area contributed by atoms with Crippen LogP contribution in [0.2, 0.25) is 0 Å². The molecule has 4 rings (SSSR count). The molecule has 0 spiro atoms. The van der Waals surface area contributed by atoms with Crippen LogP contribution in [0.5, 0.6) is 0 Å². The quantitative estimate of drug-likeness (QED) is 0.213. The second-order valence-corrected chi connectivity index (χ2v) is 15.0. The maximum Gasteiger partial charge on any atom is 0.303 e. The van der Waals surface area contributed by atoms with Crippen molar-refractivity contribution in [3.05, 3.63) is 11.1 Å². The van der Waals surface area contributed by atoms with Crippen LogP contribution in [0, 0.1) is 28.6 Å². The number of hydrogen-bond acceptors (Lipinski definition) is 9. The van der Waals surface area contributed by atoms with E-state index >= 15 is 0 Å². The van der Waals surface area contributed by atoms with Crippen molar-refractivity contribution in [3.63, 3.8) is 0 Å². The van der Waals surface area contributed by atoms with Gasteiger partial charge in [0.15, 0.2) is 0 Å². The van der Waals surface area contributed by atoms with E-state index in [1.165, 1.54) is 31.9 Å². The van der Waals surface area contributed by atoms with Crippen molar-refractivity contribution < 1.29 is 38.8 Å². The minimum atomic E-state index is -1.29. The maximum atomic E-state index is 12.1. The molecule has 0 bridgehead atoms. The Kier molecular flexibility index (Phi) is 9.03. The Labute approximate surface area is 250 Å². The third-order valence-electron chi connectivity index (χ3n) is 11.4. The Bertz CT molecular complexity index is 1110. The Balaban J connectivity index is 1.67. The molecule has 3 fully saturated rings. The van der Waals surface area contributed by atoms with Gasteiger partial charge in [-0.2, -0.15) is 0 Å². The summed E-state index contributed by atoms with van der Waals surface area (Å²) in [6.07, 6.45) is 4.30. The number of allylic oxidation sites excluding steroid dienone is 1. The lowest BCUT2D eigenvalue weighted by Crippen LogP contribution is -2.60. The summed E-state index contributed by atoms with van der Waals surface area (Å²) in [6.45, 7) is 13.9. The summed E-state index contributed by atoms with van der Waals surface area (Å²) in [5, 5.41) is 22.5. The third-order valence-corrected chi connectivity index (χ3v) is 11.4. The molecule has 238 valence electrons. The lowest BCUT2D eigenvalue weighted by Gasteiger charge is -2.60. The fourth-order valence-electron chi connectivity index (χ4n) is 9.61. The van der Waals surface area contributed by atoms with Crippen LogP contribution in [0.1, 0.15) is 113 Å². The van der Waals surface area contributed by atoms with E-state index in [9.17, 15) is 24.6 Å². The molecule has 10 atom stereocenters. The summed E-state index contributed by atoms with van der Waals surface area (Å²) >= 11 is 0. The van der Waals surface area contributed by atoms with Gasteiger partial charge >= 0.3 is 17.9 Å². The fourth-order valence-corrected chi connectivity index (χ4v) is 9.61. The highest BCUT2D eigenvalue weighted by Crippen LogP contribution is 2.66. The molecule has 0 aliphatic heterocycles. The third kappa shape index (κ3) is 6.16. The number of nitrogens with two attached hydrogens (primary N) is 1. The van der Waals surface area contributed by atoms with Crippen LogP contribution in [-0.2, 0) is 28.6 Å². The molecule has 0 unspecified atom stereocenters. The molecule has 0 radical (unpaired) electrons. The molecule has 9 nitrogen and oxygen atoms in total. The molecular formula is C33H53NO8. The molecule has 9 heteroatoms. The van der Waals surface area contributed by atoms with Gasteiger partial charge in [0.05, 0.1) is 5.60 Å². The average molecular weight is 592 g/mol. The molecule has 0 amide bonds. The number of carbonyl (C=O) groups excluding carboxylic acids is 3. The highest BCUT2D eigenvalue weighted by Gasteiger charge is 2.62. The van der Waals surface area contributed by atoms with Crippen LogP contribution in [0.15, 0.2) is 11.1 Å². The fraction of sp³-hybridized carbons (Fsp3) is 0.848. The highest BCUT2D eigenvalue weighted by atomic mass is 16.6. The van der Waals surface area contributed by atoms with Gasteiger partial charge in [-0.15, -0.1) is 0 Å². The zero-order valence-electron chi connectivity index (χ0n) is 26.8. The number of hydrogen-bond donors (Lipinski definition) is 3. The molecule has 0 saturated heterocycles. The van der Waals surface area contributed by atoms with Crippen LogP contribution in [0.25, 0.3) is 0 Å². The van der Waals surface area contributed by atoms with E-state index < -0.39 is 35.5 Å².